The van der Waals surface area contributed by atoms with Crippen LogP contribution in [0.1, 0.15) is 12.6 Å². The number of nitrogens with zero attached hydrogens (tertiary/aromatic N) is 2. The highest BCUT2D eigenvalue weighted by molar-refractivity contribution is 6.76. The molecule has 1 aliphatic rings. The molecule has 0 saturated carbocycles. The van der Waals surface area contributed by atoms with Crippen molar-refractivity contribution < 1.29 is 4.74 Å². The van der Waals surface area contributed by atoms with Crippen molar-refractivity contribution >= 4 is 36.8 Å². The average molecular weight is 371 g/mol. The predicted molar refractivity (Wildman–Crippen MR) is 101 cm³/mol. The van der Waals surface area contributed by atoms with Crippen LogP contribution < -0.4 is 0 Å². The summed E-state index contributed by atoms with van der Waals surface area (Å²) < 4.78 is 5.92. The first-order valence-electron chi connectivity index (χ1n) is 7.92. The van der Waals surface area contributed by atoms with Gasteiger partial charge in [0.1, 0.15) is 0 Å². The maximum absolute atomic E-state index is 6.21. The van der Waals surface area contributed by atoms with Crippen molar-refractivity contribution in [3.05, 3.63) is 40.4 Å². The Balaban J connectivity index is 2.04. The molecule has 2 rings (SSSR count). The summed E-state index contributed by atoms with van der Waals surface area (Å²) in [6.45, 7) is 10.8. The first-order chi connectivity index (χ1) is 10.8. The predicted octanol–water partition coefficient (Wildman–Crippen LogP) is 5.34. The molecule has 0 spiro atoms. The Bertz CT molecular complexity index is 611. The zero-order valence-corrected chi connectivity index (χ0v) is 16.7. The molecule has 0 fully saturated rings. The molecule has 3 nitrogen and oxygen atoms in total. The van der Waals surface area contributed by atoms with E-state index in [-0.39, 0.29) is 5.28 Å². The van der Waals surface area contributed by atoms with E-state index in [1.807, 2.05) is 6.08 Å². The van der Waals surface area contributed by atoms with Gasteiger partial charge in [0.05, 0.1) is 23.5 Å². The summed E-state index contributed by atoms with van der Waals surface area (Å²) in [5.41, 5.74) is 1.66. The van der Waals surface area contributed by atoms with Crippen molar-refractivity contribution in [3.63, 3.8) is 0 Å². The molecule has 0 radical (unpaired) electrons. The molecule has 126 valence electrons. The molecule has 1 aromatic heterocycles. The molecule has 0 N–H and O–H groups in total. The summed E-state index contributed by atoms with van der Waals surface area (Å²) in [6, 6.07) is 1.19. The number of halogens is 2. The second-order valence-electron chi connectivity index (χ2n) is 7.23. The van der Waals surface area contributed by atoms with E-state index in [9.17, 15) is 0 Å². The van der Waals surface area contributed by atoms with E-state index in [0.717, 1.165) is 18.8 Å². The van der Waals surface area contributed by atoms with Crippen LogP contribution in [-0.4, -0.2) is 31.3 Å². The van der Waals surface area contributed by atoms with Gasteiger partial charge in [0.25, 0.3) is 0 Å². The van der Waals surface area contributed by atoms with E-state index < -0.39 is 8.07 Å². The number of rotatable bonds is 6. The van der Waals surface area contributed by atoms with Gasteiger partial charge in [0.15, 0.2) is 0 Å². The van der Waals surface area contributed by atoms with Gasteiger partial charge in [-0.2, -0.15) is 0 Å². The summed E-state index contributed by atoms with van der Waals surface area (Å²) in [5.74, 6) is 0.753. The van der Waals surface area contributed by atoms with Crippen molar-refractivity contribution in [1.29, 1.82) is 0 Å². The Morgan fingerprint density at radius 2 is 2.00 bits per heavy atom. The maximum Gasteiger partial charge on any atom is 0.222 e. The van der Waals surface area contributed by atoms with Crippen molar-refractivity contribution in [2.75, 3.05) is 13.2 Å². The Hall–Kier alpha value is -0.683. The third-order valence-electron chi connectivity index (χ3n) is 3.94. The highest BCUT2D eigenvalue weighted by atomic mass is 35.5. The van der Waals surface area contributed by atoms with Gasteiger partial charge < -0.3 is 4.74 Å². The Labute approximate surface area is 149 Å². The zero-order valence-electron chi connectivity index (χ0n) is 14.1. The van der Waals surface area contributed by atoms with Crippen LogP contribution in [0.15, 0.2) is 24.4 Å². The van der Waals surface area contributed by atoms with E-state index in [4.69, 9.17) is 27.9 Å². The fourth-order valence-corrected chi connectivity index (χ4v) is 3.43. The van der Waals surface area contributed by atoms with Gasteiger partial charge in [-0.1, -0.05) is 56.4 Å². The standard InChI is InChI=1S/C17H24Cl2N2OSi/c1-12-5-6-13(16-15(18)10-20-17(19)21-16)9-14(12)11-22-7-8-23(2,3)4/h5-6,9-10,12,14H,7-8,11H2,1-4H3. The highest BCUT2D eigenvalue weighted by Crippen LogP contribution is 2.31. The van der Waals surface area contributed by atoms with E-state index in [2.05, 4.69) is 48.7 Å². The van der Waals surface area contributed by atoms with Crippen LogP contribution in [0.25, 0.3) is 5.57 Å². The second-order valence-corrected chi connectivity index (χ2v) is 13.6. The Kier molecular flexibility index (Phi) is 6.43. The maximum atomic E-state index is 6.21. The topological polar surface area (TPSA) is 35.0 Å². The van der Waals surface area contributed by atoms with Gasteiger partial charge in [0.2, 0.25) is 5.28 Å². The molecule has 0 aromatic carbocycles. The van der Waals surface area contributed by atoms with Crippen molar-refractivity contribution in [3.8, 4) is 0 Å². The van der Waals surface area contributed by atoms with Crippen LogP contribution in [0.3, 0.4) is 0 Å². The average Bonchev–Trinajstić information content (AvgIpc) is 2.47. The summed E-state index contributed by atoms with van der Waals surface area (Å²) in [5, 5.41) is 0.721. The van der Waals surface area contributed by atoms with Crippen LogP contribution in [-0.2, 0) is 4.74 Å². The van der Waals surface area contributed by atoms with Gasteiger partial charge >= 0.3 is 0 Å². The van der Waals surface area contributed by atoms with E-state index in [0.29, 0.717) is 22.6 Å². The second kappa shape index (κ2) is 7.93. The fourth-order valence-electron chi connectivity index (χ4n) is 2.34. The van der Waals surface area contributed by atoms with Gasteiger partial charge in [-0.05, 0) is 29.1 Å². The van der Waals surface area contributed by atoms with E-state index >= 15 is 0 Å². The van der Waals surface area contributed by atoms with E-state index in [1.54, 1.807) is 6.20 Å². The first kappa shape index (κ1) is 18.7. The molecule has 0 aliphatic heterocycles. The molecule has 2 atom stereocenters. The summed E-state index contributed by atoms with van der Waals surface area (Å²) in [4.78, 5) is 8.15. The molecule has 6 heteroatoms. The summed E-state index contributed by atoms with van der Waals surface area (Å²) in [6.07, 6.45) is 7.95. The van der Waals surface area contributed by atoms with Gasteiger partial charge in [-0.25, -0.2) is 9.97 Å². The van der Waals surface area contributed by atoms with Gasteiger partial charge in [-0.15, -0.1) is 0 Å². The molecule has 0 amide bonds. The molecule has 1 aliphatic carbocycles. The number of ether oxygens (including phenoxy) is 1. The van der Waals surface area contributed by atoms with Crippen molar-refractivity contribution in [1.82, 2.24) is 9.97 Å². The zero-order chi connectivity index (χ0) is 17.0. The number of allylic oxidation sites excluding steroid dienone is 3. The van der Waals surface area contributed by atoms with Crippen LogP contribution in [0, 0.1) is 11.8 Å². The third-order valence-corrected chi connectivity index (χ3v) is 6.11. The van der Waals surface area contributed by atoms with Crippen LogP contribution in [0.5, 0.6) is 0 Å². The SMILES string of the molecule is CC1C=CC(c2nc(Cl)ncc2Cl)=CC1COCC[Si](C)(C)C. The molecule has 23 heavy (non-hydrogen) atoms. The lowest BCUT2D eigenvalue weighted by Crippen LogP contribution is -2.23. The fraction of sp³-hybridized carbons (Fsp3) is 0.529. The summed E-state index contributed by atoms with van der Waals surface area (Å²) in [7, 11) is -1.04. The smallest absolute Gasteiger partial charge is 0.222 e. The minimum Gasteiger partial charge on any atom is -0.381 e. The van der Waals surface area contributed by atoms with Crippen LogP contribution in [0.2, 0.25) is 36.0 Å². The molecule has 0 saturated heterocycles. The number of hydrogen-bond acceptors (Lipinski definition) is 3. The van der Waals surface area contributed by atoms with E-state index in [1.165, 1.54) is 6.04 Å². The highest BCUT2D eigenvalue weighted by Gasteiger charge is 2.20. The van der Waals surface area contributed by atoms with Crippen LogP contribution >= 0.6 is 23.2 Å². The first-order valence-corrected chi connectivity index (χ1v) is 12.4. The molecule has 2 unspecified atom stereocenters. The van der Waals surface area contributed by atoms with Crippen molar-refractivity contribution in [2.24, 2.45) is 11.8 Å². The molecule has 1 aromatic rings. The minimum absolute atomic E-state index is 0.209. The normalized spacial score (nSPS) is 21.4. The van der Waals surface area contributed by atoms with Crippen molar-refractivity contribution in [2.45, 2.75) is 32.6 Å². The minimum atomic E-state index is -1.04. The quantitative estimate of drug-likeness (QED) is 0.384. The molecule has 0 bridgehead atoms. The molecule has 1 heterocycles. The Morgan fingerprint density at radius 1 is 1.26 bits per heavy atom. The number of aromatic nitrogens is 2. The molecular weight excluding hydrogens is 347 g/mol. The lowest BCUT2D eigenvalue weighted by Gasteiger charge is -2.24. The Morgan fingerprint density at radius 3 is 2.70 bits per heavy atom. The summed E-state index contributed by atoms with van der Waals surface area (Å²) >= 11 is 12.1. The van der Waals surface area contributed by atoms with Gasteiger partial charge in [-0.3, -0.25) is 0 Å². The third kappa shape index (κ3) is 5.71. The van der Waals surface area contributed by atoms with Crippen LogP contribution in [0.4, 0.5) is 0 Å². The molecular formula is C17H24Cl2N2OSi. The monoisotopic (exact) mass is 370 g/mol. The largest absolute Gasteiger partial charge is 0.381 e. The lowest BCUT2D eigenvalue weighted by atomic mass is 9.87. The van der Waals surface area contributed by atoms with Gasteiger partial charge in [0, 0.05) is 20.6 Å². The lowest BCUT2D eigenvalue weighted by molar-refractivity contribution is 0.113. The number of hydrogen-bond donors (Lipinski definition) is 0.